The summed E-state index contributed by atoms with van der Waals surface area (Å²) in [5, 5.41) is 0. The molecule has 1 unspecified atom stereocenters. The molecular weight excluding hydrogens is 188 g/mol. The van der Waals surface area contributed by atoms with Gasteiger partial charge in [-0.25, -0.2) is 0 Å². The highest BCUT2D eigenvalue weighted by molar-refractivity contribution is 5.82. The summed E-state index contributed by atoms with van der Waals surface area (Å²) >= 11 is 0. The Morgan fingerprint density at radius 3 is 2.60 bits per heavy atom. The molecule has 2 N–H and O–H groups in total. The van der Waals surface area contributed by atoms with Gasteiger partial charge in [0.25, 0.3) is 0 Å². The van der Waals surface area contributed by atoms with Gasteiger partial charge in [-0.3, -0.25) is 4.79 Å². The van der Waals surface area contributed by atoms with Crippen LogP contribution in [0.15, 0.2) is 0 Å². The molecule has 0 radical (unpaired) electrons. The summed E-state index contributed by atoms with van der Waals surface area (Å²) in [6.45, 7) is 9.43. The second-order valence-electron chi connectivity index (χ2n) is 5.57. The normalized spacial score (nSPS) is 24.3. The van der Waals surface area contributed by atoms with Gasteiger partial charge in [-0.2, -0.15) is 0 Å². The van der Waals surface area contributed by atoms with E-state index in [1.165, 1.54) is 0 Å². The molecule has 0 aromatic carbocycles. The zero-order chi connectivity index (χ0) is 11.6. The fourth-order valence-corrected chi connectivity index (χ4v) is 2.32. The zero-order valence-corrected chi connectivity index (χ0v) is 10.4. The van der Waals surface area contributed by atoms with E-state index in [-0.39, 0.29) is 17.4 Å². The molecule has 0 aromatic rings. The number of nitrogens with zero attached hydrogens (tertiary/aromatic N) is 1. The molecule has 1 amide bonds. The van der Waals surface area contributed by atoms with Crippen LogP contribution in [0.1, 0.15) is 47.0 Å². The van der Waals surface area contributed by atoms with E-state index in [1.54, 1.807) is 0 Å². The van der Waals surface area contributed by atoms with Crippen LogP contribution in [-0.2, 0) is 4.79 Å². The minimum absolute atomic E-state index is 0.134. The van der Waals surface area contributed by atoms with E-state index in [9.17, 15) is 4.79 Å². The van der Waals surface area contributed by atoms with Crippen molar-refractivity contribution in [3.8, 4) is 0 Å². The average molecular weight is 212 g/mol. The summed E-state index contributed by atoms with van der Waals surface area (Å²) < 4.78 is 0. The largest absolute Gasteiger partial charge is 0.338 e. The molecule has 15 heavy (non-hydrogen) atoms. The van der Waals surface area contributed by atoms with Gasteiger partial charge in [0, 0.05) is 12.6 Å². The lowest BCUT2D eigenvalue weighted by Gasteiger charge is -2.36. The second-order valence-corrected chi connectivity index (χ2v) is 5.57. The topological polar surface area (TPSA) is 46.3 Å². The Labute approximate surface area is 93.0 Å². The van der Waals surface area contributed by atoms with Crippen LogP contribution < -0.4 is 5.73 Å². The molecule has 1 aliphatic heterocycles. The summed E-state index contributed by atoms with van der Waals surface area (Å²) in [6, 6.07) is 0.0514. The number of hydrogen-bond donors (Lipinski definition) is 1. The number of rotatable bonds is 2. The number of amides is 1. The second kappa shape index (κ2) is 4.52. The van der Waals surface area contributed by atoms with Gasteiger partial charge in [-0.1, -0.05) is 27.7 Å². The van der Waals surface area contributed by atoms with E-state index in [4.69, 9.17) is 5.73 Å². The third-order valence-electron chi connectivity index (χ3n) is 3.29. The lowest BCUT2D eigenvalue weighted by atomic mass is 9.85. The molecule has 0 bridgehead atoms. The van der Waals surface area contributed by atoms with Crippen LogP contribution in [0.3, 0.4) is 0 Å². The van der Waals surface area contributed by atoms with Crippen molar-refractivity contribution in [2.45, 2.75) is 59.0 Å². The van der Waals surface area contributed by atoms with Gasteiger partial charge in [0.1, 0.15) is 0 Å². The zero-order valence-electron chi connectivity index (χ0n) is 10.4. The Bertz CT molecular complexity index is 232. The SMILES string of the molecule is CC[C@H](N)C(=O)N1CCCC1C(C)(C)C. The first-order chi connectivity index (χ1) is 6.88. The fourth-order valence-electron chi connectivity index (χ4n) is 2.32. The molecule has 1 rings (SSSR count). The van der Waals surface area contributed by atoms with Gasteiger partial charge in [0.05, 0.1) is 6.04 Å². The molecule has 0 aliphatic carbocycles. The maximum Gasteiger partial charge on any atom is 0.239 e. The number of carbonyl (C=O) groups is 1. The van der Waals surface area contributed by atoms with Crippen molar-refractivity contribution in [2.75, 3.05) is 6.54 Å². The van der Waals surface area contributed by atoms with Crippen LogP contribution in [0, 0.1) is 5.41 Å². The lowest BCUT2D eigenvalue weighted by Crippen LogP contribution is -2.49. The Morgan fingerprint density at radius 2 is 2.13 bits per heavy atom. The number of carbonyl (C=O) groups excluding carboxylic acids is 1. The van der Waals surface area contributed by atoms with Crippen molar-refractivity contribution in [2.24, 2.45) is 11.1 Å². The summed E-state index contributed by atoms with van der Waals surface area (Å²) in [5.74, 6) is 0.134. The molecule has 1 heterocycles. The molecule has 3 nitrogen and oxygen atoms in total. The van der Waals surface area contributed by atoms with Gasteiger partial charge in [0.15, 0.2) is 0 Å². The van der Waals surface area contributed by atoms with E-state index in [1.807, 2.05) is 11.8 Å². The minimum atomic E-state index is -0.312. The van der Waals surface area contributed by atoms with Crippen LogP contribution in [0.25, 0.3) is 0 Å². The first-order valence-corrected chi connectivity index (χ1v) is 5.94. The quantitative estimate of drug-likeness (QED) is 0.758. The van der Waals surface area contributed by atoms with Crippen LogP contribution >= 0.6 is 0 Å². The van der Waals surface area contributed by atoms with E-state index in [0.29, 0.717) is 6.04 Å². The van der Waals surface area contributed by atoms with E-state index in [0.717, 1.165) is 25.8 Å². The molecule has 1 fully saturated rings. The lowest BCUT2D eigenvalue weighted by molar-refractivity contribution is -0.135. The summed E-state index contributed by atoms with van der Waals surface area (Å²) in [5.41, 5.74) is 5.98. The first kappa shape index (κ1) is 12.5. The van der Waals surface area contributed by atoms with Crippen molar-refractivity contribution in [1.82, 2.24) is 4.90 Å². The predicted molar refractivity (Wildman–Crippen MR) is 62.5 cm³/mol. The summed E-state index contributed by atoms with van der Waals surface area (Å²) in [4.78, 5) is 14.0. The van der Waals surface area contributed by atoms with E-state index < -0.39 is 0 Å². The molecule has 2 atom stereocenters. The summed E-state index contributed by atoms with van der Waals surface area (Å²) in [7, 11) is 0. The van der Waals surface area contributed by atoms with Gasteiger partial charge in [-0.05, 0) is 24.7 Å². The standard InChI is InChI=1S/C12H24N2O/c1-5-9(13)11(15)14-8-6-7-10(14)12(2,3)4/h9-10H,5-8,13H2,1-4H3/t9-,10?/m0/s1. The number of likely N-dealkylation sites (tertiary alicyclic amines) is 1. The molecule has 0 saturated carbocycles. The molecule has 88 valence electrons. The average Bonchev–Trinajstić information content (AvgIpc) is 2.63. The molecule has 0 spiro atoms. The van der Waals surface area contributed by atoms with Gasteiger partial charge < -0.3 is 10.6 Å². The Balaban J connectivity index is 2.73. The smallest absolute Gasteiger partial charge is 0.239 e. The van der Waals surface area contributed by atoms with Crippen LogP contribution in [0.5, 0.6) is 0 Å². The predicted octanol–water partition coefficient (Wildman–Crippen LogP) is 1.76. The van der Waals surface area contributed by atoms with E-state index in [2.05, 4.69) is 20.8 Å². The van der Waals surface area contributed by atoms with Crippen molar-refractivity contribution >= 4 is 5.91 Å². The number of nitrogens with two attached hydrogens (primary N) is 1. The third-order valence-corrected chi connectivity index (χ3v) is 3.29. The van der Waals surface area contributed by atoms with Crippen molar-refractivity contribution in [1.29, 1.82) is 0 Å². The van der Waals surface area contributed by atoms with Crippen LogP contribution in [-0.4, -0.2) is 29.4 Å². The molecular formula is C12H24N2O. The number of hydrogen-bond acceptors (Lipinski definition) is 2. The van der Waals surface area contributed by atoms with Crippen LogP contribution in [0.4, 0.5) is 0 Å². The van der Waals surface area contributed by atoms with Crippen LogP contribution in [0.2, 0.25) is 0 Å². The third kappa shape index (κ3) is 2.71. The Hall–Kier alpha value is -0.570. The maximum atomic E-state index is 12.0. The Kier molecular flexibility index (Phi) is 3.77. The first-order valence-electron chi connectivity index (χ1n) is 5.94. The van der Waals surface area contributed by atoms with Gasteiger partial charge in [-0.15, -0.1) is 0 Å². The van der Waals surface area contributed by atoms with Crippen molar-refractivity contribution in [3.05, 3.63) is 0 Å². The highest BCUT2D eigenvalue weighted by Gasteiger charge is 2.37. The van der Waals surface area contributed by atoms with Crippen molar-refractivity contribution in [3.63, 3.8) is 0 Å². The Morgan fingerprint density at radius 1 is 1.53 bits per heavy atom. The maximum absolute atomic E-state index is 12.0. The molecule has 3 heteroatoms. The van der Waals surface area contributed by atoms with Gasteiger partial charge >= 0.3 is 0 Å². The monoisotopic (exact) mass is 212 g/mol. The molecule has 0 aromatic heterocycles. The fraction of sp³-hybridized carbons (Fsp3) is 0.917. The van der Waals surface area contributed by atoms with Gasteiger partial charge in [0.2, 0.25) is 5.91 Å². The highest BCUT2D eigenvalue weighted by Crippen LogP contribution is 2.32. The van der Waals surface area contributed by atoms with E-state index >= 15 is 0 Å². The minimum Gasteiger partial charge on any atom is -0.338 e. The van der Waals surface area contributed by atoms with Crippen molar-refractivity contribution < 1.29 is 4.79 Å². The summed E-state index contributed by atoms with van der Waals surface area (Å²) in [6.07, 6.45) is 2.96. The highest BCUT2D eigenvalue weighted by atomic mass is 16.2. The molecule has 1 aliphatic rings. The molecule has 1 saturated heterocycles.